The standard InChI is InChI=1S/C19H25NO3/c21-15(13-6-2-1-3-7-13)12-16(22)20-17-14-8-11-23-18(14)19(17)9-4-5-10-19/h1-3,6-7,14-15,17-18,21H,4-5,8-12H2,(H,20,22). The lowest BCUT2D eigenvalue weighted by Gasteiger charge is -2.56. The molecule has 4 heteroatoms. The zero-order valence-corrected chi connectivity index (χ0v) is 13.4. The van der Waals surface area contributed by atoms with Crippen molar-refractivity contribution < 1.29 is 14.6 Å². The van der Waals surface area contributed by atoms with Gasteiger partial charge in [-0.15, -0.1) is 0 Å². The molecule has 1 aliphatic heterocycles. The first-order chi connectivity index (χ1) is 11.2. The Balaban J connectivity index is 1.40. The van der Waals surface area contributed by atoms with Gasteiger partial charge in [-0.05, 0) is 24.8 Å². The van der Waals surface area contributed by atoms with Crippen LogP contribution in [0.1, 0.15) is 50.2 Å². The lowest BCUT2D eigenvalue weighted by atomic mass is 9.54. The summed E-state index contributed by atoms with van der Waals surface area (Å²) in [4.78, 5) is 12.4. The maximum atomic E-state index is 12.4. The van der Waals surface area contributed by atoms with Crippen molar-refractivity contribution in [3.63, 3.8) is 0 Å². The van der Waals surface area contributed by atoms with Gasteiger partial charge in [0, 0.05) is 24.0 Å². The van der Waals surface area contributed by atoms with Crippen LogP contribution >= 0.6 is 0 Å². The summed E-state index contributed by atoms with van der Waals surface area (Å²) in [6, 6.07) is 9.65. The number of carbonyl (C=O) groups is 1. The van der Waals surface area contributed by atoms with E-state index in [2.05, 4.69) is 5.32 Å². The van der Waals surface area contributed by atoms with Gasteiger partial charge in [0.05, 0.1) is 18.6 Å². The highest BCUT2D eigenvalue weighted by Gasteiger charge is 2.65. The number of benzene rings is 1. The van der Waals surface area contributed by atoms with Crippen molar-refractivity contribution in [3.8, 4) is 0 Å². The largest absolute Gasteiger partial charge is 0.388 e. The van der Waals surface area contributed by atoms with Gasteiger partial charge in [-0.2, -0.15) is 0 Å². The van der Waals surface area contributed by atoms with E-state index in [0.717, 1.165) is 18.6 Å². The fraction of sp³-hybridized carbons (Fsp3) is 0.632. The number of carbonyl (C=O) groups excluding carboxylic acids is 1. The van der Waals surface area contributed by atoms with Crippen molar-refractivity contribution in [1.29, 1.82) is 0 Å². The molecular weight excluding hydrogens is 290 g/mol. The second-order valence-corrected chi connectivity index (χ2v) is 7.36. The fourth-order valence-corrected chi connectivity index (χ4v) is 5.11. The third-order valence-corrected chi connectivity index (χ3v) is 6.17. The Morgan fingerprint density at radius 2 is 2.04 bits per heavy atom. The zero-order valence-electron chi connectivity index (χ0n) is 13.4. The van der Waals surface area contributed by atoms with E-state index >= 15 is 0 Å². The SMILES string of the molecule is O=C(CC(O)c1ccccc1)NC1C2CCOC2C12CCCC2. The summed E-state index contributed by atoms with van der Waals surface area (Å²) in [6.07, 6.45) is 5.63. The van der Waals surface area contributed by atoms with Gasteiger partial charge in [-0.3, -0.25) is 4.79 Å². The predicted molar refractivity (Wildman–Crippen MR) is 86.7 cm³/mol. The Morgan fingerprint density at radius 3 is 2.78 bits per heavy atom. The molecule has 1 heterocycles. The number of rotatable bonds is 4. The van der Waals surface area contributed by atoms with E-state index in [4.69, 9.17) is 4.74 Å². The maximum Gasteiger partial charge on any atom is 0.223 e. The third kappa shape index (κ3) is 2.48. The average molecular weight is 315 g/mol. The third-order valence-electron chi connectivity index (χ3n) is 6.17. The summed E-state index contributed by atoms with van der Waals surface area (Å²) in [5, 5.41) is 13.5. The van der Waals surface area contributed by atoms with Crippen LogP contribution in [-0.2, 0) is 9.53 Å². The van der Waals surface area contributed by atoms with Gasteiger partial charge < -0.3 is 15.2 Å². The van der Waals surface area contributed by atoms with Crippen LogP contribution in [0.5, 0.6) is 0 Å². The first-order valence-corrected chi connectivity index (χ1v) is 8.85. The molecule has 0 bridgehead atoms. The number of hydrogen-bond donors (Lipinski definition) is 2. The summed E-state index contributed by atoms with van der Waals surface area (Å²) in [6.45, 7) is 0.829. The molecule has 2 saturated carbocycles. The Kier molecular flexibility index (Phi) is 3.90. The van der Waals surface area contributed by atoms with Crippen LogP contribution in [0.25, 0.3) is 0 Å². The number of aliphatic hydroxyl groups excluding tert-OH is 1. The monoisotopic (exact) mass is 315 g/mol. The molecule has 1 aromatic rings. The van der Waals surface area contributed by atoms with Crippen molar-refractivity contribution >= 4 is 5.91 Å². The first kappa shape index (κ1) is 15.2. The fourth-order valence-electron chi connectivity index (χ4n) is 5.11. The Hall–Kier alpha value is -1.39. The van der Waals surface area contributed by atoms with Gasteiger partial charge in [0.25, 0.3) is 0 Å². The molecule has 4 nitrogen and oxygen atoms in total. The highest BCUT2D eigenvalue weighted by Crippen LogP contribution is 2.60. The van der Waals surface area contributed by atoms with Crippen LogP contribution in [0.4, 0.5) is 0 Å². The molecule has 2 aliphatic carbocycles. The average Bonchev–Trinajstić information content (AvgIpc) is 3.22. The molecule has 1 saturated heterocycles. The van der Waals surface area contributed by atoms with E-state index in [1.165, 1.54) is 25.7 Å². The number of hydrogen-bond acceptors (Lipinski definition) is 3. The molecule has 0 aromatic heterocycles. The second-order valence-electron chi connectivity index (χ2n) is 7.36. The lowest BCUT2D eigenvalue weighted by Crippen LogP contribution is -2.68. The quantitative estimate of drug-likeness (QED) is 0.898. The van der Waals surface area contributed by atoms with Crippen LogP contribution < -0.4 is 5.32 Å². The molecule has 124 valence electrons. The minimum atomic E-state index is -0.730. The topological polar surface area (TPSA) is 58.6 Å². The summed E-state index contributed by atoms with van der Waals surface area (Å²) in [7, 11) is 0. The molecule has 3 aliphatic rings. The molecule has 4 atom stereocenters. The number of nitrogens with one attached hydrogen (secondary N) is 1. The van der Waals surface area contributed by atoms with E-state index in [0.29, 0.717) is 12.0 Å². The molecule has 2 N–H and O–H groups in total. The first-order valence-electron chi connectivity index (χ1n) is 8.85. The Bertz CT molecular complexity index is 567. The van der Waals surface area contributed by atoms with Gasteiger partial charge in [0.1, 0.15) is 0 Å². The van der Waals surface area contributed by atoms with Crippen LogP contribution in [0, 0.1) is 11.3 Å². The van der Waals surface area contributed by atoms with Gasteiger partial charge in [-0.25, -0.2) is 0 Å². The number of fused-ring (bicyclic) bond motifs is 2. The molecule has 4 unspecified atom stereocenters. The number of aliphatic hydroxyl groups is 1. The number of ether oxygens (including phenoxy) is 1. The highest BCUT2D eigenvalue weighted by atomic mass is 16.5. The minimum Gasteiger partial charge on any atom is -0.388 e. The van der Waals surface area contributed by atoms with Crippen molar-refractivity contribution in [1.82, 2.24) is 5.32 Å². The lowest BCUT2D eigenvalue weighted by molar-refractivity contribution is -0.146. The van der Waals surface area contributed by atoms with Gasteiger partial charge in [0.2, 0.25) is 5.91 Å². The van der Waals surface area contributed by atoms with Gasteiger partial charge >= 0.3 is 0 Å². The molecular formula is C19H25NO3. The van der Waals surface area contributed by atoms with Crippen LogP contribution in [0.3, 0.4) is 0 Å². The minimum absolute atomic E-state index is 0.0389. The summed E-state index contributed by atoms with van der Waals surface area (Å²) in [5.74, 6) is 0.439. The summed E-state index contributed by atoms with van der Waals surface area (Å²) < 4.78 is 5.95. The molecule has 23 heavy (non-hydrogen) atoms. The molecule has 1 aromatic carbocycles. The molecule has 0 radical (unpaired) electrons. The highest BCUT2D eigenvalue weighted by molar-refractivity contribution is 5.77. The van der Waals surface area contributed by atoms with E-state index in [9.17, 15) is 9.90 Å². The smallest absolute Gasteiger partial charge is 0.223 e. The van der Waals surface area contributed by atoms with Crippen molar-refractivity contribution in [2.24, 2.45) is 11.3 Å². The summed E-state index contributed by atoms with van der Waals surface area (Å²) in [5.41, 5.74) is 0.975. The molecule has 1 spiro atoms. The van der Waals surface area contributed by atoms with Crippen LogP contribution in [-0.4, -0.2) is 29.8 Å². The summed E-state index contributed by atoms with van der Waals surface area (Å²) >= 11 is 0. The van der Waals surface area contributed by atoms with Crippen molar-refractivity contribution in [2.45, 2.75) is 56.8 Å². The van der Waals surface area contributed by atoms with E-state index in [1.807, 2.05) is 30.3 Å². The molecule has 1 amide bonds. The normalized spacial score (nSPS) is 32.3. The Labute approximate surface area is 137 Å². The molecule has 4 rings (SSSR count). The predicted octanol–water partition coefficient (Wildman–Crippen LogP) is 2.57. The zero-order chi connectivity index (χ0) is 15.9. The van der Waals surface area contributed by atoms with E-state index in [1.54, 1.807) is 0 Å². The molecule has 3 fully saturated rings. The number of amides is 1. The van der Waals surface area contributed by atoms with Crippen LogP contribution in [0.2, 0.25) is 0 Å². The van der Waals surface area contributed by atoms with Gasteiger partial charge in [-0.1, -0.05) is 43.2 Å². The van der Waals surface area contributed by atoms with E-state index < -0.39 is 6.10 Å². The maximum absolute atomic E-state index is 12.4. The Morgan fingerprint density at radius 1 is 1.30 bits per heavy atom. The van der Waals surface area contributed by atoms with Crippen molar-refractivity contribution in [2.75, 3.05) is 6.61 Å². The van der Waals surface area contributed by atoms with Crippen LogP contribution in [0.15, 0.2) is 30.3 Å². The van der Waals surface area contributed by atoms with Gasteiger partial charge in [0.15, 0.2) is 0 Å². The second kappa shape index (κ2) is 5.91. The van der Waals surface area contributed by atoms with E-state index in [-0.39, 0.29) is 23.8 Å². The van der Waals surface area contributed by atoms with Crippen molar-refractivity contribution in [3.05, 3.63) is 35.9 Å².